The van der Waals surface area contributed by atoms with Crippen molar-refractivity contribution in [2.75, 3.05) is 46.3 Å². The molecular weight excluding hydrogens is 276 g/mol. The maximum atomic E-state index is 11.8. The van der Waals surface area contributed by atoms with E-state index in [1.54, 1.807) is 0 Å². The second kappa shape index (κ2) is 8.76. The molecule has 1 saturated heterocycles. The average Bonchev–Trinajstić information content (AvgIpc) is 2.54. The average molecular weight is 304 g/mol. The van der Waals surface area contributed by atoms with Crippen LogP contribution in [0.1, 0.15) is 12.5 Å². The van der Waals surface area contributed by atoms with Gasteiger partial charge in [0, 0.05) is 45.8 Å². The number of hydrogen-bond acceptors (Lipinski definition) is 3. The van der Waals surface area contributed by atoms with Crippen molar-refractivity contribution in [2.45, 2.75) is 13.5 Å². The lowest BCUT2D eigenvalue weighted by atomic mass is 10.1. The molecule has 0 aliphatic carbocycles. The van der Waals surface area contributed by atoms with E-state index in [0.29, 0.717) is 19.0 Å². The number of amides is 2. The van der Waals surface area contributed by atoms with Gasteiger partial charge in [-0.3, -0.25) is 0 Å². The van der Waals surface area contributed by atoms with Crippen LogP contribution in [0.2, 0.25) is 0 Å². The number of rotatable bonds is 6. The fourth-order valence-electron chi connectivity index (χ4n) is 2.64. The lowest BCUT2D eigenvalue weighted by Gasteiger charge is -2.33. The van der Waals surface area contributed by atoms with E-state index in [1.165, 1.54) is 0 Å². The zero-order valence-corrected chi connectivity index (χ0v) is 13.7. The number of urea groups is 1. The van der Waals surface area contributed by atoms with Crippen molar-refractivity contribution in [1.29, 1.82) is 0 Å². The molecule has 1 aliphatic heterocycles. The lowest BCUT2D eigenvalue weighted by molar-refractivity contribution is 0.138. The molecule has 0 spiro atoms. The van der Waals surface area contributed by atoms with Crippen LogP contribution >= 0.6 is 0 Å². The predicted octanol–water partition coefficient (Wildman–Crippen LogP) is 1.37. The van der Waals surface area contributed by atoms with Crippen LogP contribution in [0.3, 0.4) is 0 Å². The highest BCUT2D eigenvalue weighted by molar-refractivity contribution is 5.73. The summed E-state index contributed by atoms with van der Waals surface area (Å²) in [5.41, 5.74) is 1.11. The van der Waals surface area contributed by atoms with Crippen molar-refractivity contribution in [1.82, 2.24) is 20.4 Å². The summed E-state index contributed by atoms with van der Waals surface area (Å²) < 4.78 is 0. The van der Waals surface area contributed by atoms with E-state index < -0.39 is 0 Å². The molecule has 1 atom stereocenters. The SMILES string of the molecule is C[C@H](CNC(=O)NCc1ccccc1)CN1CCN(C)CC1. The van der Waals surface area contributed by atoms with E-state index >= 15 is 0 Å². The normalized spacial score (nSPS) is 17.9. The van der Waals surface area contributed by atoms with Gasteiger partial charge < -0.3 is 20.4 Å². The smallest absolute Gasteiger partial charge is 0.315 e. The Bertz CT molecular complexity index is 443. The first-order valence-corrected chi connectivity index (χ1v) is 8.10. The van der Waals surface area contributed by atoms with Crippen molar-refractivity contribution in [3.8, 4) is 0 Å². The zero-order valence-electron chi connectivity index (χ0n) is 13.7. The van der Waals surface area contributed by atoms with Crippen molar-refractivity contribution >= 4 is 6.03 Å². The van der Waals surface area contributed by atoms with E-state index in [0.717, 1.165) is 38.3 Å². The number of carbonyl (C=O) groups excluding carboxylic acids is 1. The van der Waals surface area contributed by atoms with Gasteiger partial charge in [0.1, 0.15) is 0 Å². The van der Waals surface area contributed by atoms with Crippen LogP contribution in [0, 0.1) is 5.92 Å². The minimum absolute atomic E-state index is 0.0888. The van der Waals surface area contributed by atoms with Gasteiger partial charge >= 0.3 is 6.03 Å². The van der Waals surface area contributed by atoms with Gasteiger partial charge in [-0.2, -0.15) is 0 Å². The molecule has 0 radical (unpaired) electrons. The first-order valence-electron chi connectivity index (χ1n) is 8.10. The third kappa shape index (κ3) is 6.03. The summed E-state index contributed by atoms with van der Waals surface area (Å²) in [6.07, 6.45) is 0. The van der Waals surface area contributed by atoms with Crippen LogP contribution in [-0.2, 0) is 6.54 Å². The molecule has 122 valence electrons. The Labute approximate surface area is 133 Å². The second-order valence-corrected chi connectivity index (χ2v) is 6.26. The Hall–Kier alpha value is -1.59. The molecule has 0 bridgehead atoms. The largest absolute Gasteiger partial charge is 0.338 e. The monoisotopic (exact) mass is 304 g/mol. The molecule has 2 N–H and O–H groups in total. The third-order valence-corrected chi connectivity index (χ3v) is 4.07. The van der Waals surface area contributed by atoms with Crippen molar-refractivity contribution < 1.29 is 4.79 Å². The molecule has 2 amide bonds. The van der Waals surface area contributed by atoms with Gasteiger partial charge in [-0.05, 0) is 18.5 Å². The Balaban J connectivity index is 1.59. The van der Waals surface area contributed by atoms with Gasteiger partial charge in [0.2, 0.25) is 0 Å². The van der Waals surface area contributed by atoms with Crippen LogP contribution < -0.4 is 10.6 Å². The highest BCUT2D eigenvalue weighted by Crippen LogP contribution is 2.04. The maximum Gasteiger partial charge on any atom is 0.315 e. The van der Waals surface area contributed by atoms with Crippen molar-refractivity contribution in [3.63, 3.8) is 0 Å². The number of nitrogens with one attached hydrogen (secondary N) is 2. The van der Waals surface area contributed by atoms with Gasteiger partial charge in [0.15, 0.2) is 0 Å². The quantitative estimate of drug-likeness (QED) is 0.834. The molecule has 1 aromatic rings. The fraction of sp³-hybridized carbons (Fsp3) is 0.588. The summed E-state index contributed by atoms with van der Waals surface area (Å²) in [4.78, 5) is 16.7. The van der Waals surface area contributed by atoms with E-state index in [4.69, 9.17) is 0 Å². The molecule has 1 aliphatic rings. The molecular formula is C17H28N4O. The summed E-state index contributed by atoms with van der Waals surface area (Å²) in [5.74, 6) is 0.464. The molecule has 5 nitrogen and oxygen atoms in total. The predicted molar refractivity (Wildman–Crippen MR) is 89.8 cm³/mol. The van der Waals surface area contributed by atoms with Gasteiger partial charge in [-0.15, -0.1) is 0 Å². The molecule has 1 fully saturated rings. The van der Waals surface area contributed by atoms with Crippen LogP contribution in [0.25, 0.3) is 0 Å². The van der Waals surface area contributed by atoms with Crippen LogP contribution in [0.15, 0.2) is 30.3 Å². The summed E-state index contributed by atoms with van der Waals surface area (Å²) in [7, 11) is 2.17. The molecule has 0 aromatic heterocycles. The maximum absolute atomic E-state index is 11.8. The Morgan fingerprint density at radius 2 is 1.82 bits per heavy atom. The highest BCUT2D eigenvalue weighted by atomic mass is 16.2. The summed E-state index contributed by atoms with van der Waals surface area (Å²) >= 11 is 0. The highest BCUT2D eigenvalue weighted by Gasteiger charge is 2.16. The standard InChI is InChI=1S/C17H28N4O/c1-15(14-21-10-8-20(2)9-11-21)12-18-17(22)19-13-16-6-4-3-5-7-16/h3-7,15H,8-14H2,1-2H3,(H2,18,19,22)/t15-/m1/s1. The Morgan fingerprint density at radius 3 is 2.50 bits per heavy atom. The van der Waals surface area contributed by atoms with E-state index in [2.05, 4.69) is 34.4 Å². The van der Waals surface area contributed by atoms with Gasteiger partial charge in [-0.25, -0.2) is 4.79 Å². The van der Waals surface area contributed by atoms with E-state index in [-0.39, 0.29) is 6.03 Å². The minimum atomic E-state index is -0.0888. The number of benzene rings is 1. The molecule has 5 heteroatoms. The topological polar surface area (TPSA) is 47.6 Å². The number of nitrogens with zero attached hydrogens (tertiary/aromatic N) is 2. The number of hydrogen-bond donors (Lipinski definition) is 2. The summed E-state index contributed by atoms with van der Waals surface area (Å²) in [6.45, 7) is 9.05. The van der Waals surface area contributed by atoms with Crippen LogP contribution in [-0.4, -0.2) is 62.1 Å². The van der Waals surface area contributed by atoms with E-state index in [1.807, 2.05) is 30.3 Å². The van der Waals surface area contributed by atoms with Crippen LogP contribution in [0.4, 0.5) is 4.79 Å². The minimum Gasteiger partial charge on any atom is -0.338 e. The van der Waals surface area contributed by atoms with Crippen molar-refractivity contribution in [3.05, 3.63) is 35.9 Å². The molecule has 1 heterocycles. The number of piperazine rings is 1. The van der Waals surface area contributed by atoms with Crippen molar-refractivity contribution in [2.24, 2.45) is 5.92 Å². The molecule has 0 unspecified atom stereocenters. The lowest BCUT2D eigenvalue weighted by Crippen LogP contribution is -2.47. The number of likely N-dealkylation sites (N-methyl/N-ethyl adjacent to an activating group) is 1. The summed E-state index contributed by atoms with van der Waals surface area (Å²) in [5, 5.41) is 5.86. The van der Waals surface area contributed by atoms with E-state index in [9.17, 15) is 4.79 Å². The van der Waals surface area contributed by atoms with Gasteiger partial charge in [0.25, 0.3) is 0 Å². The first kappa shape index (κ1) is 16.8. The van der Waals surface area contributed by atoms with Gasteiger partial charge in [0.05, 0.1) is 0 Å². The molecule has 0 saturated carbocycles. The Kier molecular flexibility index (Phi) is 6.68. The molecule has 2 rings (SSSR count). The Morgan fingerprint density at radius 1 is 1.14 bits per heavy atom. The molecule has 22 heavy (non-hydrogen) atoms. The second-order valence-electron chi connectivity index (χ2n) is 6.26. The van der Waals surface area contributed by atoms with Gasteiger partial charge in [-0.1, -0.05) is 37.3 Å². The zero-order chi connectivity index (χ0) is 15.8. The fourth-order valence-corrected chi connectivity index (χ4v) is 2.64. The number of carbonyl (C=O) groups is 1. The first-order chi connectivity index (χ1) is 10.6. The molecule has 1 aromatic carbocycles. The summed E-state index contributed by atoms with van der Waals surface area (Å²) in [6, 6.07) is 9.87. The third-order valence-electron chi connectivity index (χ3n) is 4.07. The van der Waals surface area contributed by atoms with Crippen LogP contribution in [0.5, 0.6) is 0 Å².